The molecular formula is C8H14O3S2. The Labute approximate surface area is 87.6 Å². The molecule has 1 aliphatic heterocycles. The number of hydrogen-bond donors (Lipinski definition) is 2. The summed E-state index contributed by atoms with van der Waals surface area (Å²) in [6.45, 7) is 0.653. The van der Waals surface area contributed by atoms with E-state index in [1.54, 1.807) is 0 Å². The van der Waals surface area contributed by atoms with E-state index in [1.807, 2.05) is 0 Å². The maximum atomic E-state index is 11.6. The largest absolute Gasteiger partial charge is 0.396 e. The molecule has 0 aliphatic carbocycles. The molecule has 76 valence electrons. The van der Waals surface area contributed by atoms with Gasteiger partial charge in [-0.25, -0.2) is 0 Å². The zero-order valence-electron chi connectivity index (χ0n) is 7.31. The van der Waals surface area contributed by atoms with Gasteiger partial charge < -0.3 is 9.84 Å². The lowest BCUT2D eigenvalue weighted by molar-refractivity contribution is -0.125. The van der Waals surface area contributed by atoms with Crippen molar-refractivity contribution in [2.24, 2.45) is 0 Å². The number of Topliss-reactive ketones (excluding diaryl/α,β-unsaturated/α-hetero) is 1. The SMILES string of the molecule is O=C(C(S)CCO)C1OCCCS1. The molecule has 1 fully saturated rings. The molecule has 5 heteroatoms. The van der Waals surface area contributed by atoms with Gasteiger partial charge in [-0.2, -0.15) is 12.6 Å². The molecule has 0 radical (unpaired) electrons. The highest BCUT2D eigenvalue weighted by molar-refractivity contribution is 8.00. The van der Waals surface area contributed by atoms with E-state index in [0.29, 0.717) is 13.0 Å². The first-order valence-corrected chi connectivity index (χ1v) is 5.88. The first kappa shape index (κ1) is 11.4. The Morgan fingerprint density at radius 3 is 3.08 bits per heavy atom. The van der Waals surface area contributed by atoms with Crippen molar-refractivity contribution in [1.29, 1.82) is 0 Å². The fourth-order valence-electron chi connectivity index (χ4n) is 1.07. The number of thioether (sulfide) groups is 1. The molecule has 1 rings (SSSR count). The van der Waals surface area contributed by atoms with Crippen molar-refractivity contribution in [3.63, 3.8) is 0 Å². The first-order chi connectivity index (χ1) is 6.25. The summed E-state index contributed by atoms with van der Waals surface area (Å²) in [4.78, 5) is 11.6. The highest BCUT2D eigenvalue weighted by Gasteiger charge is 2.27. The molecule has 1 heterocycles. The molecule has 2 unspecified atom stereocenters. The normalized spacial score (nSPS) is 25.5. The van der Waals surface area contributed by atoms with Crippen molar-refractivity contribution < 1.29 is 14.6 Å². The summed E-state index contributed by atoms with van der Waals surface area (Å²) in [6.07, 6.45) is 1.41. The molecule has 0 bridgehead atoms. The van der Waals surface area contributed by atoms with E-state index in [4.69, 9.17) is 9.84 Å². The maximum absolute atomic E-state index is 11.6. The number of carbonyl (C=O) groups is 1. The lowest BCUT2D eigenvalue weighted by Crippen LogP contribution is -2.32. The van der Waals surface area contributed by atoms with Gasteiger partial charge in [0.25, 0.3) is 0 Å². The van der Waals surface area contributed by atoms with Crippen LogP contribution in [0.25, 0.3) is 0 Å². The fourth-order valence-corrected chi connectivity index (χ4v) is 2.44. The number of ether oxygens (including phenoxy) is 1. The lowest BCUT2D eigenvalue weighted by Gasteiger charge is -2.22. The molecule has 0 saturated carbocycles. The molecule has 0 spiro atoms. The molecule has 13 heavy (non-hydrogen) atoms. The van der Waals surface area contributed by atoms with Crippen molar-refractivity contribution >= 4 is 30.2 Å². The monoisotopic (exact) mass is 222 g/mol. The highest BCUT2D eigenvalue weighted by atomic mass is 32.2. The highest BCUT2D eigenvalue weighted by Crippen LogP contribution is 2.23. The van der Waals surface area contributed by atoms with Gasteiger partial charge in [-0.15, -0.1) is 11.8 Å². The van der Waals surface area contributed by atoms with Crippen LogP contribution < -0.4 is 0 Å². The second-order valence-corrected chi connectivity index (χ2v) is 4.65. The number of thiol groups is 1. The van der Waals surface area contributed by atoms with Crippen LogP contribution in [0.2, 0.25) is 0 Å². The van der Waals surface area contributed by atoms with Crippen LogP contribution in [0.15, 0.2) is 0 Å². The lowest BCUT2D eigenvalue weighted by atomic mass is 10.2. The van der Waals surface area contributed by atoms with Crippen LogP contribution in [0.5, 0.6) is 0 Å². The Morgan fingerprint density at radius 1 is 1.77 bits per heavy atom. The van der Waals surface area contributed by atoms with Crippen LogP contribution in [0.4, 0.5) is 0 Å². The molecule has 0 aromatic rings. The number of hydrogen-bond acceptors (Lipinski definition) is 5. The third-order valence-corrected chi connectivity index (χ3v) is 3.50. The molecule has 1 N–H and O–H groups in total. The zero-order chi connectivity index (χ0) is 9.68. The van der Waals surface area contributed by atoms with Crippen molar-refractivity contribution in [2.75, 3.05) is 19.0 Å². The fraction of sp³-hybridized carbons (Fsp3) is 0.875. The Balaban J connectivity index is 2.36. The summed E-state index contributed by atoms with van der Waals surface area (Å²) in [5, 5.41) is 8.25. The van der Waals surface area contributed by atoms with Gasteiger partial charge in [0.2, 0.25) is 0 Å². The van der Waals surface area contributed by atoms with E-state index in [2.05, 4.69) is 12.6 Å². The number of aliphatic hydroxyl groups excluding tert-OH is 1. The molecule has 0 aromatic heterocycles. The smallest absolute Gasteiger partial charge is 0.184 e. The second kappa shape index (κ2) is 5.90. The topological polar surface area (TPSA) is 46.5 Å². The summed E-state index contributed by atoms with van der Waals surface area (Å²) in [7, 11) is 0. The number of aliphatic hydroxyl groups is 1. The van der Waals surface area contributed by atoms with E-state index in [9.17, 15) is 4.79 Å². The van der Waals surface area contributed by atoms with Gasteiger partial charge in [0.1, 0.15) is 0 Å². The van der Waals surface area contributed by atoms with E-state index in [0.717, 1.165) is 12.2 Å². The molecule has 0 amide bonds. The average molecular weight is 222 g/mol. The van der Waals surface area contributed by atoms with Crippen molar-refractivity contribution in [1.82, 2.24) is 0 Å². The second-order valence-electron chi connectivity index (χ2n) is 2.86. The summed E-state index contributed by atoms with van der Waals surface area (Å²) in [5.41, 5.74) is -0.359. The molecule has 3 nitrogen and oxygen atoms in total. The Morgan fingerprint density at radius 2 is 2.54 bits per heavy atom. The van der Waals surface area contributed by atoms with Crippen LogP contribution >= 0.6 is 24.4 Å². The van der Waals surface area contributed by atoms with Crippen LogP contribution in [0.1, 0.15) is 12.8 Å². The zero-order valence-corrected chi connectivity index (χ0v) is 9.02. The van der Waals surface area contributed by atoms with Gasteiger partial charge in [-0.3, -0.25) is 4.79 Å². The van der Waals surface area contributed by atoms with E-state index in [-0.39, 0.29) is 23.1 Å². The Bertz CT molecular complexity index is 169. The third kappa shape index (κ3) is 3.50. The summed E-state index contributed by atoms with van der Waals surface area (Å²) < 4.78 is 5.29. The van der Waals surface area contributed by atoms with E-state index in [1.165, 1.54) is 11.8 Å². The number of ketones is 1. The van der Waals surface area contributed by atoms with Gasteiger partial charge >= 0.3 is 0 Å². The van der Waals surface area contributed by atoms with Crippen LogP contribution in [-0.4, -0.2) is 40.5 Å². The Hall–Kier alpha value is 0.290. The minimum atomic E-state index is -0.388. The van der Waals surface area contributed by atoms with Crippen LogP contribution in [0, 0.1) is 0 Å². The van der Waals surface area contributed by atoms with E-state index < -0.39 is 0 Å². The number of carbonyl (C=O) groups excluding carboxylic acids is 1. The van der Waals surface area contributed by atoms with Crippen LogP contribution in [-0.2, 0) is 9.53 Å². The van der Waals surface area contributed by atoms with E-state index >= 15 is 0 Å². The van der Waals surface area contributed by atoms with Crippen LogP contribution in [0.3, 0.4) is 0 Å². The summed E-state index contributed by atoms with van der Waals surface area (Å²) in [5.74, 6) is 0.956. The summed E-state index contributed by atoms with van der Waals surface area (Å²) in [6, 6.07) is 0. The minimum absolute atomic E-state index is 0.00269. The minimum Gasteiger partial charge on any atom is -0.396 e. The third-order valence-electron chi connectivity index (χ3n) is 1.79. The predicted octanol–water partition coefficient (Wildman–Crippen LogP) is 0.716. The molecular weight excluding hydrogens is 208 g/mol. The maximum Gasteiger partial charge on any atom is 0.184 e. The molecule has 0 aromatic carbocycles. The van der Waals surface area contributed by atoms with Crippen molar-refractivity contribution in [3.05, 3.63) is 0 Å². The quantitative estimate of drug-likeness (QED) is 0.688. The Kier molecular flexibility index (Phi) is 5.16. The van der Waals surface area contributed by atoms with Gasteiger partial charge in [0.15, 0.2) is 11.2 Å². The first-order valence-electron chi connectivity index (χ1n) is 4.31. The standard InChI is InChI=1S/C8H14O3S2/c9-3-2-6(12)7(10)8-11-4-1-5-13-8/h6,8-9,12H,1-5H2. The number of rotatable bonds is 4. The molecule has 1 saturated heterocycles. The summed E-state index contributed by atoms with van der Waals surface area (Å²) >= 11 is 5.64. The molecule has 2 atom stereocenters. The van der Waals surface area contributed by atoms with Crippen molar-refractivity contribution in [2.45, 2.75) is 23.5 Å². The van der Waals surface area contributed by atoms with Gasteiger partial charge in [-0.1, -0.05) is 0 Å². The van der Waals surface area contributed by atoms with Gasteiger partial charge in [0.05, 0.1) is 5.25 Å². The van der Waals surface area contributed by atoms with Gasteiger partial charge in [0, 0.05) is 13.2 Å². The average Bonchev–Trinajstić information content (AvgIpc) is 2.18. The van der Waals surface area contributed by atoms with Gasteiger partial charge in [-0.05, 0) is 18.6 Å². The molecule has 1 aliphatic rings. The predicted molar refractivity (Wildman–Crippen MR) is 56.3 cm³/mol. The van der Waals surface area contributed by atoms with Crippen molar-refractivity contribution in [3.8, 4) is 0 Å².